The smallest absolute Gasteiger partial charge is 0.341 e. The van der Waals surface area contributed by atoms with Crippen LogP contribution in [0.3, 0.4) is 0 Å². The molecule has 0 spiro atoms. The molecule has 0 atom stereocenters. The first-order valence-electron chi connectivity index (χ1n) is 14.0. The summed E-state index contributed by atoms with van der Waals surface area (Å²) < 4.78 is 11.1. The minimum absolute atomic E-state index is 0.288. The molecule has 9 nitrogen and oxygen atoms in total. The van der Waals surface area contributed by atoms with Gasteiger partial charge in [0.1, 0.15) is 18.8 Å². The van der Waals surface area contributed by atoms with Crippen LogP contribution in [0.2, 0.25) is 0 Å². The van der Waals surface area contributed by atoms with E-state index >= 15 is 0 Å². The van der Waals surface area contributed by atoms with Gasteiger partial charge in [-0.25, -0.2) is 9.59 Å². The fraction of sp³-hybridized carbons (Fsp3) is 0.387. The Bertz CT molecular complexity index is 1390. The molecule has 0 radical (unpaired) electrons. The van der Waals surface area contributed by atoms with E-state index in [4.69, 9.17) is 9.47 Å². The molecule has 2 fully saturated rings. The average Bonchev–Trinajstić information content (AvgIpc) is 3.00. The van der Waals surface area contributed by atoms with Gasteiger partial charge in [-0.05, 0) is 39.9 Å². The Morgan fingerprint density at radius 3 is 2.05 bits per heavy atom. The lowest BCUT2D eigenvalue weighted by molar-refractivity contribution is 0.0441. The van der Waals surface area contributed by atoms with E-state index in [9.17, 15) is 9.59 Å². The van der Waals surface area contributed by atoms with Gasteiger partial charge in [-0.3, -0.25) is 9.80 Å². The van der Waals surface area contributed by atoms with Crippen molar-refractivity contribution in [1.29, 1.82) is 0 Å². The average molecular weight is 543 g/mol. The zero-order valence-electron chi connectivity index (χ0n) is 22.7. The lowest BCUT2D eigenvalue weighted by Gasteiger charge is -2.26. The molecule has 40 heavy (non-hydrogen) atoms. The lowest BCUT2D eigenvalue weighted by atomic mass is 10.0. The second-order valence-electron chi connectivity index (χ2n) is 9.97. The summed E-state index contributed by atoms with van der Waals surface area (Å²) in [5, 5.41) is 8.80. The second-order valence-corrected chi connectivity index (χ2v) is 9.97. The van der Waals surface area contributed by atoms with E-state index in [0.29, 0.717) is 42.1 Å². The number of fused-ring (bicyclic) bond motifs is 1. The van der Waals surface area contributed by atoms with Crippen molar-refractivity contribution < 1.29 is 19.1 Å². The number of hydrogen-bond acceptors (Lipinski definition) is 8. The third kappa shape index (κ3) is 7.64. The molecule has 0 unspecified atom stereocenters. The Balaban J connectivity index is 1.31. The summed E-state index contributed by atoms with van der Waals surface area (Å²) in [6.07, 6.45) is 0. The number of benzene rings is 3. The highest BCUT2D eigenvalue weighted by molar-refractivity contribution is 5.96. The first-order valence-corrected chi connectivity index (χ1v) is 14.0. The van der Waals surface area contributed by atoms with Crippen LogP contribution in [0.1, 0.15) is 26.3 Å². The van der Waals surface area contributed by atoms with E-state index in [2.05, 4.69) is 31.3 Å². The molecule has 3 aromatic rings. The van der Waals surface area contributed by atoms with E-state index in [1.807, 2.05) is 42.5 Å². The number of nitrogens with zero attached hydrogens (tertiary/aromatic N) is 3. The maximum absolute atomic E-state index is 13.1. The van der Waals surface area contributed by atoms with Crippen LogP contribution in [0.4, 0.5) is 5.69 Å². The number of carbonyl (C=O) groups is 2. The van der Waals surface area contributed by atoms with Crippen molar-refractivity contribution in [1.82, 2.24) is 20.4 Å². The molecule has 3 aromatic carbocycles. The van der Waals surface area contributed by atoms with E-state index < -0.39 is 11.9 Å². The van der Waals surface area contributed by atoms with E-state index in [-0.39, 0.29) is 6.61 Å². The van der Waals surface area contributed by atoms with Gasteiger partial charge in [0.05, 0.1) is 11.1 Å². The molecule has 2 aliphatic rings. The zero-order chi connectivity index (χ0) is 27.6. The molecule has 0 aliphatic carbocycles. The van der Waals surface area contributed by atoms with Crippen molar-refractivity contribution >= 4 is 28.4 Å². The Labute approximate surface area is 234 Å². The Morgan fingerprint density at radius 2 is 1.38 bits per heavy atom. The van der Waals surface area contributed by atoms with Crippen LogP contribution < -0.4 is 10.6 Å². The van der Waals surface area contributed by atoms with Gasteiger partial charge >= 0.3 is 23.7 Å². The molecule has 208 valence electrons. The highest BCUT2D eigenvalue weighted by Gasteiger charge is 2.20. The third-order valence-corrected chi connectivity index (χ3v) is 7.21. The number of rotatable bonds is 8. The second kappa shape index (κ2) is 14.0. The Hall–Kier alpha value is -3.81. The fourth-order valence-electron chi connectivity index (χ4n) is 4.88. The van der Waals surface area contributed by atoms with Crippen molar-refractivity contribution in [2.75, 3.05) is 78.7 Å². The quantitative estimate of drug-likeness (QED) is 0.420. The van der Waals surface area contributed by atoms with E-state index in [1.165, 1.54) is 0 Å². The highest BCUT2D eigenvalue weighted by Crippen LogP contribution is 2.22. The first kappa shape index (κ1) is 27.7. The van der Waals surface area contributed by atoms with Gasteiger partial charge in [-0.2, -0.15) is 0 Å². The topological polar surface area (TPSA) is 87.5 Å². The molecular weight excluding hydrogens is 506 g/mol. The maximum Gasteiger partial charge on any atom is 0.341 e. The molecule has 5 rings (SSSR count). The number of esters is 2. The van der Waals surface area contributed by atoms with Gasteiger partial charge in [0.25, 0.3) is 0 Å². The van der Waals surface area contributed by atoms with Crippen molar-refractivity contribution in [3.8, 4) is 6.07 Å². The molecular formula is C31H36N5O4+. The first-order chi connectivity index (χ1) is 19.7. The predicted molar refractivity (Wildman–Crippen MR) is 156 cm³/mol. The summed E-state index contributed by atoms with van der Waals surface area (Å²) in [6.45, 7) is 9.45. The normalized spacial score (nSPS) is 16.2. The largest absolute Gasteiger partial charge is 0.461 e. The molecule has 2 aliphatic heterocycles. The summed E-state index contributed by atoms with van der Waals surface area (Å²) in [5.41, 5.74) is 1.73. The minimum atomic E-state index is -0.468. The van der Waals surface area contributed by atoms with Crippen LogP contribution in [-0.2, 0) is 9.47 Å². The molecule has 0 bridgehead atoms. The molecule has 2 heterocycles. The number of nitrogens with one attached hydrogen (secondary N) is 2. The maximum atomic E-state index is 13.1. The van der Waals surface area contributed by atoms with Gasteiger partial charge < -0.3 is 20.1 Å². The van der Waals surface area contributed by atoms with Crippen LogP contribution >= 0.6 is 0 Å². The van der Waals surface area contributed by atoms with E-state index in [0.717, 1.165) is 63.1 Å². The SMILES string of the molecule is O=C(OCCN1CCNCC1)c1ccc(C(=O)OCCN2CCNCC2)c(C#[N+]c2ccc3ccccc3c2)c1. The number of carbonyl (C=O) groups excluding carboxylic acids is 2. The van der Waals surface area contributed by atoms with Crippen LogP contribution in [0.5, 0.6) is 0 Å². The Morgan fingerprint density at radius 1 is 0.750 bits per heavy atom. The van der Waals surface area contributed by atoms with E-state index in [1.54, 1.807) is 18.2 Å². The number of ether oxygens (including phenoxy) is 2. The van der Waals surface area contributed by atoms with Crippen LogP contribution in [0, 0.1) is 6.07 Å². The monoisotopic (exact) mass is 542 g/mol. The summed E-state index contributed by atoms with van der Waals surface area (Å²) in [5.74, 6) is -0.910. The highest BCUT2D eigenvalue weighted by atomic mass is 16.5. The molecule has 9 heteroatoms. The molecule has 2 saturated heterocycles. The fourth-order valence-corrected chi connectivity index (χ4v) is 4.88. The van der Waals surface area contributed by atoms with Crippen molar-refractivity contribution in [2.24, 2.45) is 0 Å². The zero-order valence-corrected chi connectivity index (χ0v) is 22.7. The van der Waals surface area contributed by atoms with Gasteiger partial charge in [0.15, 0.2) is 0 Å². The molecule has 0 aromatic heterocycles. The third-order valence-electron chi connectivity index (χ3n) is 7.21. The molecule has 2 N–H and O–H groups in total. The van der Waals surface area contributed by atoms with Gasteiger partial charge in [-0.15, -0.1) is 0 Å². The van der Waals surface area contributed by atoms with Crippen LogP contribution in [-0.4, -0.2) is 100 Å². The lowest BCUT2D eigenvalue weighted by Crippen LogP contribution is -2.44. The standard InChI is InChI=1S/C31H36N5O4/c37-30(39-19-17-35-13-9-32-10-14-35)26-6-8-29(31(38)40-20-18-36-15-11-33-12-16-36)27(21-26)23-34-28-7-5-24-3-1-2-4-25(24)22-28/h1-8,21-22,32-33H,9-20H2/q+1. The van der Waals surface area contributed by atoms with Crippen LogP contribution in [0.15, 0.2) is 60.7 Å². The van der Waals surface area contributed by atoms with Gasteiger partial charge in [0.2, 0.25) is 0 Å². The van der Waals surface area contributed by atoms with Gasteiger partial charge in [-0.1, -0.05) is 24.3 Å². The molecule has 0 amide bonds. The van der Waals surface area contributed by atoms with Crippen LogP contribution in [0.25, 0.3) is 15.6 Å². The number of piperazine rings is 2. The summed E-state index contributed by atoms with van der Waals surface area (Å²) in [4.78, 5) is 34.9. The van der Waals surface area contributed by atoms with Crippen molar-refractivity contribution in [3.63, 3.8) is 0 Å². The molecule has 0 saturated carbocycles. The van der Waals surface area contributed by atoms with Crippen molar-refractivity contribution in [3.05, 3.63) is 82.2 Å². The predicted octanol–water partition coefficient (Wildman–Crippen LogP) is 2.98. The summed E-state index contributed by atoms with van der Waals surface area (Å²) in [7, 11) is 0. The van der Waals surface area contributed by atoms with Crippen molar-refractivity contribution in [2.45, 2.75) is 0 Å². The number of hydrogen-bond donors (Lipinski definition) is 2. The summed E-state index contributed by atoms with van der Waals surface area (Å²) in [6, 6.07) is 21.7. The Kier molecular flexibility index (Phi) is 9.72. The van der Waals surface area contributed by atoms with Gasteiger partial charge in [0, 0.05) is 77.6 Å². The minimum Gasteiger partial charge on any atom is -0.461 e. The summed E-state index contributed by atoms with van der Waals surface area (Å²) >= 11 is 0.